The van der Waals surface area contributed by atoms with Gasteiger partial charge in [0.05, 0.1) is 6.10 Å². The Labute approximate surface area is 123 Å². The number of halogens is 1. The number of rotatable bonds is 2. The average Bonchev–Trinajstić information content (AvgIpc) is 3.03. The molecule has 2 saturated heterocycles. The molecule has 3 aliphatic rings. The van der Waals surface area contributed by atoms with Crippen LogP contribution in [0.3, 0.4) is 0 Å². The first kappa shape index (κ1) is 12.8. The third-order valence-corrected chi connectivity index (χ3v) is 6.91. The Bertz CT molecular complexity index is 685. The van der Waals surface area contributed by atoms with Crippen LogP contribution in [-0.2, 0) is 21.3 Å². The van der Waals surface area contributed by atoms with Crippen molar-refractivity contribution in [1.82, 2.24) is 4.31 Å². The van der Waals surface area contributed by atoms with E-state index in [1.54, 1.807) is 12.1 Å². The maximum atomic E-state index is 12.6. The summed E-state index contributed by atoms with van der Waals surface area (Å²) in [6.45, 7) is 0.787. The summed E-state index contributed by atoms with van der Waals surface area (Å²) in [6, 6.07) is 7.27. The summed E-state index contributed by atoms with van der Waals surface area (Å²) in [5.74, 6) is 0. The van der Waals surface area contributed by atoms with Crippen LogP contribution in [0.4, 0.5) is 0 Å². The first-order valence-electron chi connectivity index (χ1n) is 6.60. The number of fused-ring (bicyclic) bond motifs is 1. The number of hydrogen-bond acceptors (Lipinski definition) is 3. The Morgan fingerprint density at radius 3 is 2.75 bits per heavy atom. The van der Waals surface area contributed by atoms with Crippen LogP contribution in [0, 0.1) is 0 Å². The number of ether oxygens (including phenoxy) is 1. The molecule has 2 fully saturated rings. The lowest BCUT2D eigenvalue weighted by atomic mass is 9.94. The van der Waals surface area contributed by atoms with E-state index in [4.69, 9.17) is 16.3 Å². The minimum Gasteiger partial charge on any atom is -0.361 e. The number of benzene rings is 1. The van der Waals surface area contributed by atoms with Gasteiger partial charge in [-0.1, -0.05) is 35.9 Å². The van der Waals surface area contributed by atoms with Crippen LogP contribution in [0.5, 0.6) is 0 Å². The predicted octanol–water partition coefficient (Wildman–Crippen LogP) is 1.95. The van der Waals surface area contributed by atoms with Gasteiger partial charge in [-0.25, -0.2) is 8.42 Å². The molecule has 0 aliphatic carbocycles. The SMILES string of the molecule is O=S1(=O)C2CC3C=C[C@@]2(CN1Cc1ccc(Cl)cc1)O3. The largest absolute Gasteiger partial charge is 0.361 e. The Morgan fingerprint density at radius 1 is 1.35 bits per heavy atom. The lowest BCUT2D eigenvalue weighted by Gasteiger charge is -2.19. The third kappa shape index (κ3) is 1.70. The molecular weight excluding hydrogens is 298 g/mol. The van der Waals surface area contributed by atoms with Crippen molar-refractivity contribution < 1.29 is 13.2 Å². The minimum atomic E-state index is -3.29. The zero-order valence-corrected chi connectivity index (χ0v) is 12.3. The molecule has 1 spiro atoms. The molecular formula is C14H14ClNO3S. The maximum absolute atomic E-state index is 12.6. The summed E-state index contributed by atoms with van der Waals surface area (Å²) in [6.07, 6.45) is 4.48. The molecule has 20 heavy (non-hydrogen) atoms. The maximum Gasteiger partial charge on any atom is 0.220 e. The van der Waals surface area contributed by atoms with Gasteiger partial charge in [0.25, 0.3) is 0 Å². The van der Waals surface area contributed by atoms with E-state index < -0.39 is 20.9 Å². The fraction of sp³-hybridized carbons (Fsp3) is 0.429. The van der Waals surface area contributed by atoms with Crippen LogP contribution in [0.2, 0.25) is 5.02 Å². The van der Waals surface area contributed by atoms with Gasteiger partial charge in [-0.05, 0) is 24.1 Å². The van der Waals surface area contributed by atoms with Gasteiger partial charge < -0.3 is 4.74 Å². The summed E-state index contributed by atoms with van der Waals surface area (Å²) >= 11 is 5.85. The van der Waals surface area contributed by atoms with E-state index in [2.05, 4.69) is 0 Å². The van der Waals surface area contributed by atoms with Crippen LogP contribution in [-0.4, -0.2) is 36.2 Å². The van der Waals surface area contributed by atoms with Crippen molar-refractivity contribution in [3.8, 4) is 0 Å². The highest BCUT2D eigenvalue weighted by atomic mass is 35.5. The van der Waals surface area contributed by atoms with Gasteiger partial charge in [-0.3, -0.25) is 0 Å². The number of sulfonamides is 1. The molecule has 3 aliphatic heterocycles. The molecule has 2 bridgehead atoms. The third-order valence-electron chi connectivity index (χ3n) is 4.37. The minimum absolute atomic E-state index is 0.0209. The van der Waals surface area contributed by atoms with Gasteiger partial charge in [0.1, 0.15) is 10.9 Å². The molecule has 3 heterocycles. The standard InChI is InChI=1S/C14H14ClNO3S/c15-11-3-1-10(2-4-11)8-16-9-14-6-5-12(19-14)7-13(14)20(16,17)18/h1-6,12-13H,7-9H2/t12?,13?,14-/m0/s1. The number of hydrogen-bond donors (Lipinski definition) is 0. The molecule has 4 rings (SSSR count). The van der Waals surface area contributed by atoms with Crippen molar-refractivity contribution in [3.05, 3.63) is 47.0 Å². The van der Waals surface area contributed by atoms with Crippen LogP contribution in [0.15, 0.2) is 36.4 Å². The molecule has 0 amide bonds. The van der Waals surface area contributed by atoms with Gasteiger partial charge in [0.15, 0.2) is 0 Å². The van der Waals surface area contributed by atoms with E-state index in [9.17, 15) is 8.42 Å². The Kier molecular flexibility index (Phi) is 2.61. The van der Waals surface area contributed by atoms with E-state index in [-0.39, 0.29) is 6.10 Å². The molecule has 0 saturated carbocycles. The van der Waals surface area contributed by atoms with Gasteiger partial charge in [0, 0.05) is 18.1 Å². The summed E-state index contributed by atoms with van der Waals surface area (Å²) in [7, 11) is -3.29. The summed E-state index contributed by atoms with van der Waals surface area (Å²) in [5.41, 5.74) is 0.323. The topological polar surface area (TPSA) is 46.6 Å². The van der Waals surface area contributed by atoms with Crippen molar-refractivity contribution in [2.45, 2.75) is 29.9 Å². The molecule has 4 nitrogen and oxygen atoms in total. The highest BCUT2D eigenvalue weighted by molar-refractivity contribution is 7.90. The molecule has 106 valence electrons. The second kappa shape index (κ2) is 4.07. The predicted molar refractivity (Wildman–Crippen MR) is 75.9 cm³/mol. The number of nitrogens with zero attached hydrogens (tertiary/aromatic N) is 1. The average molecular weight is 312 g/mol. The van der Waals surface area contributed by atoms with E-state index in [0.29, 0.717) is 24.5 Å². The van der Waals surface area contributed by atoms with Crippen LogP contribution in [0.25, 0.3) is 0 Å². The normalized spacial score (nSPS) is 37.5. The molecule has 0 N–H and O–H groups in total. The molecule has 3 atom stereocenters. The van der Waals surface area contributed by atoms with Gasteiger partial charge in [-0.15, -0.1) is 0 Å². The van der Waals surface area contributed by atoms with Crippen LogP contribution >= 0.6 is 11.6 Å². The van der Waals surface area contributed by atoms with Crippen molar-refractivity contribution >= 4 is 21.6 Å². The Morgan fingerprint density at radius 2 is 2.10 bits per heavy atom. The first-order chi connectivity index (χ1) is 9.49. The lowest BCUT2D eigenvalue weighted by Crippen LogP contribution is -2.36. The smallest absolute Gasteiger partial charge is 0.220 e. The Balaban J connectivity index is 1.64. The summed E-state index contributed by atoms with van der Waals surface area (Å²) < 4.78 is 32.6. The second-order valence-electron chi connectivity index (χ2n) is 5.63. The van der Waals surface area contributed by atoms with Crippen molar-refractivity contribution in [3.63, 3.8) is 0 Å². The van der Waals surface area contributed by atoms with Crippen molar-refractivity contribution in [2.75, 3.05) is 6.54 Å². The molecule has 1 aromatic carbocycles. The van der Waals surface area contributed by atoms with Gasteiger partial charge >= 0.3 is 0 Å². The highest BCUT2D eigenvalue weighted by Gasteiger charge is 2.63. The summed E-state index contributed by atoms with van der Waals surface area (Å²) in [5, 5.41) is 0.232. The van der Waals surface area contributed by atoms with Crippen molar-refractivity contribution in [2.24, 2.45) is 0 Å². The zero-order chi connectivity index (χ0) is 14.0. The summed E-state index contributed by atoms with van der Waals surface area (Å²) in [4.78, 5) is 0. The van der Waals surface area contributed by atoms with Crippen LogP contribution < -0.4 is 0 Å². The molecule has 1 aromatic rings. The monoisotopic (exact) mass is 311 g/mol. The molecule has 6 heteroatoms. The quantitative estimate of drug-likeness (QED) is 0.784. The van der Waals surface area contributed by atoms with E-state index in [0.717, 1.165) is 5.56 Å². The second-order valence-corrected chi connectivity index (χ2v) is 8.19. The van der Waals surface area contributed by atoms with Crippen LogP contribution in [0.1, 0.15) is 12.0 Å². The van der Waals surface area contributed by atoms with E-state index in [1.807, 2.05) is 24.3 Å². The fourth-order valence-corrected chi connectivity index (χ4v) is 5.74. The highest BCUT2D eigenvalue weighted by Crippen LogP contribution is 2.48. The Hall–Kier alpha value is -0.880. The van der Waals surface area contributed by atoms with Gasteiger partial charge in [0.2, 0.25) is 10.0 Å². The van der Waals surface area contributed by atoms with Gasteiger partial charge in [-0.2, -0.15) is 4.31 Å². The van der Waals surface area contributed by atoms with E-state index in [1.165, 1.54) is 4.31 Å². The molecule has 2 unspecified atom stereocenters. The van der Waals surface area contributed by atoms with Crippen molar-refractivity contribution in [1.29, 1.82) is 0 Å². The first-order valence-corrected chi connectivity index (χ1v) is 8.48. The molecule has 0 aromatic heterocycles. The lowest BCUT2D eigenvalue weighted by molar-refractivity contribution is 0.0298. The zero-order valence-electron chi connectivity index (χ0n) is 10.7. The fourth-order valence-electron chi connectivity index (χ4n) is 3.40. The van der Waals surface area contributed by atoms with E-state index >= 15 is 0 Å². The molecule has 0 radical (unpaired) electrons.